The molecule has 0 saturated heterocycles. The number of halogens is 2. The van der Waals surface area contributed by atoms with Crippen molar-refractivity contribution in [2.45, 2.75) is 32.7 Å². The molecule has 0 fully saturated rings. The predicted octanol–water partition coefficient (Wildman–Crippen LogP) is 6.55. The Morgan fingerprint density at radius 3 is 2.70 bits per heavy atom. The number of nitrogens with zero attached hydrogens (tertiary/aromatic N) is 2. The molecule has 0 aliphatic heterocycles. The maximum atomic E-state index is 14.7. The topological polar surface area (TPSA) is 46.4 Å². The molecule has 0 bridgehead atoms. The number of benzene rings is 2. The third-order valence-corrected chi connectivity index (χ3v) is 6.59. The Hall–Kier alpha value is -3.44. The van der Waals surface area contributed by atoms with Gasteiger partial charge in [-0.2, -0.15) is 5.10 Å². The minimum Gasteiger partial charge on any atom is -0.345 e. The highest BCUT2D eigenvalue weighted by Gasteiger charge is 2.27. The van der Waals surface area contributed by atoms with Crippen molar-refractivity contribution in [2.24, 2.45) is 0 Å². The number of allylic oxidation sites excluding steroid dienone is 1. The number of hydrogen-bond acceptors (Lipinski definition) is 2. The van der Waals surface area contributed by atoms with Crippen LogP contribution in [0.25, 0.3) is 22.2 Å². The van der Waals surface area contributed by atoms with Crippen LogP contribution in [0.1, 0.15) is 52.3 Å². The number of carbonyl (C=O) groups excluding carboxylic acids is 1. The summed E-state index contributed by atoms with van der Waals surface area (Å²) in [7, 11) is 0. The van der Waals surface area contributed by atoms with Gasteiger partial charge in [0.25, 0.3) is 5.91 Å². The van der Waals surface area contributed by atoms with E-state index in [1.54, 1.807) is 28.8 Å². The smallest absolute Gasteiger partial charge is 0.253 e. The number of rotatable bonds is 4. The number of aryl methyl sites for hydroxylation is 2. The first-order valence-corrected chi connectivity index (χ1v) is 11.3. The van der Waals surface area contributed by atoms with Gasteiger partial charge in [-0.25, -0.2) is 8.91 Å². The molecule has 4 aromatic rings. The molecule has 1 aliphatic carbocycles. The molecule has 1 atom stereocenters. The van der Waals surface area contributed by atoms with E-state index in [2.05, 4.69) is 29.1 Å². The monoisotopic (exact) mass is 459 g/mol. The molecule has 0 unspecified atom stereocenters. The lowest BCUT2D eigenvalue weighted by atomic mass is 10.0. The SMILES string of the molecule is C=C(C)c1c(C(=O)N[C@H]2CCc3ccccc32)ccc2c(-c3c(F)cccc3Cl)c(C)nn12. The van der Waals surface area contributed by atoms with Crippen molar-refractivity contribution < 1.29 is 9.18 Å². The van der Waals surface area contributed by atoms with Gasteiger partial charge in [0.2, 0.25) is 0 Å². The standard InChI is InChI=1S/C27H23ClFN3O/c1-15(2)26-19(27(33)30-22-13-11-17-7-4-5-8-18(17)22)12-14-23-24(16(3)31-32(23)26)25-20(28)9-6-10-21(25)29/h4-10,12,14,22H,1,11,13H2,2-3H3,(H,30,33)/t22-/m0/s1. The van der Waals surface area contributed by atoms with Gasteiger partial charge < -0.3 is 5.32 Å². The van der Waals surface area contributed by atoms with Gasteiger partial charge in [-0.1, -0.05) is 48.5 Å². The second-order valence-corrected chi connectivity index (χ2v) is 8.90. The Morgan fingerprint density at radius 1 is 1.15 bits per heavy atom. The van der Waals surface area contributed by atoms with Gasteiger partial charge >= 0.3 is 0 Å². The second-order valence-electron chi connectivity index (χ2n) is 8.49. The van der Waals surface area contributed by atoms with Gasteiger partial charge in [0.1, 0.15) is 5.82 Å². The number of amides is 1. The van der Waals surface area contributed by atoms with Crippen LogP contribution in [0.4, 0.5) is 4.39 Å². The summed E-state index contributed by atoms with van der Waals surface area (Å²) in [5.74, 6) is -0.602. The summed E-state index contributed by atoms with van der Waals surface area (Å²) in [6.07, 6.45) is 1.81. The number of fused-ring (bicyclic) bond motifs is 2. The molecule has 6 heteroatoms. The third-order valence-electron chi connectivity index (χ3n) is 6.27. The lowest BCUT2D eigenvalue weighted by Crippen LogP contribution is -2.28. The first-order valence-electron chi connectivity index (χ1n) is 10.9. The largest absolute Gasteiger partial charge is 0.345 e. The van der Waals surface area contributed by atoms with Gasteiger partial charge in [0, 0.05) is 11.1 Å². The fraction of sp³-hybridized carbons (Fsp3) is 0.185. The van der Waals surface area contributed by atoms with Crippen molar-refractivity contribution in [3.63, 3.8) is 0 Å². The summed E-state index contributed by atoms with van der Waals surface area (Å²) < 4.78 is 16.4. The molecule has 33 heavy (non-hydrogen) atoms. The maximum Gasteiger partial charge on any atom is 0.253 e. The van der Waals surface area contributed by atoms with Gasteiger partial charge in [-0.05, 0) is 67.7 Å². The first-order chi connectivity index (χ1) is 15.9. The number of hydrogen-bond donors (Lipinski definition) is 1. The van der Waals surface area contributed by atoms with Crippen molar-refractivity contribution in [1.29, 1.82) is 0 Å². The van der Waals surface area contributed by atoms with E-state index < -0.39 is 5.82 Å². The minimum atomic E-state index is -0.418. The Labute approximate surface area is 196 Å². The van der Waals surface area contributed by atoms with Crippen LogP contribution < -0.4 is 5.32 Å². The van der Waals surface area contributed by atoms with Gasteiger partial charge in [0.15, 0.2) is 0 Å². The average Bonchev–Trinajstić information content (AvgIpc) is 3.33. The molecule has 5 rings (SSSR count). The molecule has 2 aromatic carbocycles. The lowest BCUT2D eigenvalue weighted by Gasteiger charge is -2.17. The Balaban J connectivity index is 1.61. The average molecular weight is 460 g/mol. The zero-order valence-corrected chi connectivity index (χ0v) is 19.2. The number of pyridine rings is 1. The Morgan fingerprint density at radius 2 is 1.94 bits per heavy atom. The van der Waals surface area contributed by atoms with E-state index >= 15 is 0 Å². The van der Waals surface area contributed by atoms with E-state index in [1.807, 2.05) is 26.0 Å². The van der Waals surface area contributed by atoms with Gasteiger partial charge in [-0.3, -0.25) is 4.79 Å². The van der Waals surface area contributed by atoms with E-state index in [0.29, 0.717) is 44.2 Å². The normalized spacial score (nSPS) is 15.0. The summed E-state index contributed by atoms with van der Waals surface area (Å²) in [5.41, 5.74) is 6.39. The van der Waals surface area contributed by atoms with Crippen LogP contribution in [0.15, 0.2) is 61.2 Å². The molecule has 2 aromatic heterocycles. The second kappa shape index (κ2) is 8.16. The van der Waals surface area contributed by atoms with Crippen LogP contribution in [0, 0.1) is 12.7 Å². The Kier molecular flexibility index (Phi) is 5.29. The molecule has 1 N–H and O–H groups in total. The number of carbonyl (C=O) groups is 1. The molecule has 166 valence electrons. The zero-order chi connectivity index (χ0) is 23.3. The van der Waals surface area contributed by atoms with Crippen LogP contribution in [0.3, 0.4) is 0 Å². The highest BCUT2D eigenvalue weighted by molar-refractivity contribution is 6.33. The molecule has 1 aliphatic rings. The van der Waals surface area contributed by atoms with Crippen LogP contribution >= 0.6 is 11.6 Å². The van der Waals surface area contributed by atoms with Crippen molar-refractivity contribution in [3.05, 3.63) is 100 Å². The summed E-state index contributed by atoms with van der Waals surface area (Å²) in [6, 6.07) is 16.3. The molecule has 1 amide bonds. The van der Waals surface area contributed by atoms with Crippen LogP contribution in [0.2, 0.25) is 5.02 Å². The molecule has 0 saturated carbocycles. The van der Waals surface area contributed by atoms with Crippen molar-refractivity contribution in [3.8, 4) is 11.1 Å². The molecule has 4 nitrogen and oxygen atoms in total. The highest BCUT2D eigenvalue weighted by Crippen LogP contribution is 2.37. The summed E-state index contributed by atoms with van der Waals surface area (Å²) in [5, 5.41) is 8.15. The molecule has 0 radical (unpaired) electrons. The highest BCUT2D eigenvalue weighted by atomic mass is 35.5. The van der Waals surface area contributed by atoms with E-state index in [4.69, 9.17) is 11.6 Å². The fourth-order valence-corrected chi connectivity index (χ4v) is 5.06. The zero-order valence-electron chi connectivity index (χ0n) is 18.5. The summed E-state index contributed by atoms with van der Waals surface area (Å²) in [4.78, 5) is 13.4. The minimum absolute atomic E-state index is 0.0329. The van der Waals surface area contributed by atoms with E-state index in [9.17, 15) is 9.18 Å². The van der Waals surface area contributed by atoms with Gasteiger partial charge in [0.05, 0.1) is 33.5 Å². The summed E-state index contributed by atoms with van der Waals surface area (Å²) in [6.45, 7) is 7.74. The quantitative estimate of drug-likeness (QED) is 0.376. The van der Waals surface area contributed by atoms with Crippen LogP contribution in [-0.2, 0) is 6.42 Å². The number of aromatic nitrogens is 2. The summed E-state index contributed by atoms with van der Waals surface area (Å²) >= 11 is 6.36. The maximum absolute atomic E-state index is 14.7. The lowest BCUT2D eigenvalue weighted by molar-refractivity contribution is 0.0936. The molecular formula is C27H23ClFN3O. The van der Waals surface area contributed by atoms with Crippen LogP contribution in [0.5, 0.6) is 0 Å². The third kappa shape index (κ3) is 3.53. The van der Waals surface area contributed by atoms with E-state index in [1.165, 1.54) is 11.6 Å². The molecule has 0 spiro atoms. The van der Waals surface area contributed by atoms with E-state index in [-0.39, 0.29) is 11.9 Å². The van der Waals surface area contributed by atoms with E-state index in [0.717, 1.165) is 18.4 Å². The predicted molar refractivity (Wildman–Crippen MR) is 130 cm³/mol. The Bertz CT molecular complexity index is 1420. The number of nitrogens with one attached hydrogen (secondary N) is 1. The van der Waals surface area contributed by atoms with Crippen molar-refractivity contribution in [1.82, 2.24) is 14.9 Å². The van der Waals surface area contributed by atoms with Crippen molar-refractivity contribution in [2.75, 3.05) is 0 Å². The van der Waals surface area contributed by atoms with Crippen LogP contribution in [-0.4, -0.2) is 15.5 Å². The fourth-order valence-electron chi connectivity index (χ4n) is 4.81. The van der Waals surface area contributed by atoms with Crippen molar-refractivity contribution >= 4 is 28.6 Å². The van der Waals surface area contributed by atoms with Gasteiger partial charge in [-0.15, -0.1) is 0 Å². The molecule has 2 heterocycles. The first kappa shape index (κ1) is 21.4. The molecular weight excluding hydrogens is 437 g/mol.